The van der Waals surface area contributed by atoms with Crippen molar-refractivity contribution in [2.75, 3.05) is 0 Å². The molecule has 0 amide bonds. The molecule has 2 aromatic rings. The van der Waals surface area contributed by atoms with Crippen molar-refractivity contribution in [2.24, 2.45) is 12.5 Å². The summed E-state index contributed by atoms with van der Waals surface area (Å²) in [6.07, 6.45) is 2.78. The summed E-state index contributed by atoms with van der Waals surface area (Å²) in [5.74, 6) is -0.223. The molecule has 1 aromatic carbocycles. The number of benzene rings is 1. The van der Waals surface area contributed by atoms with Crippen molar-refractivity contribution in [1.82, 2.24) is 9.90 Å². The van der Waals surface area contributed by atoms with Crippen LogP contribution < -0.4 is 4.68 Å². The van der Waals surface area contributed by atoms with Gasteiger partial charge in [-0.3, -0.25) is 0 Å². The molecule has 0 atom stereocenters. The molecule has 1 heterocycles. The fourth-order valence-electron chi connectivity index (χ4n) is 2.02. The first-order chi connectivity index (χ1) is 8.37. The molecule has 0 spiro atoms. The topological polar surface area (TPSA) is 21.7 Å². The van der Waals surface area contributed by atoms with E-state index in [2.05, 4.69) is 25.9 Å². The Labute approximate surface area is 107 Å². The fourth-order valence-corrected chi connectivity index (χ4v) is 2.02. The molecule has 0 fully saturated rings. The SMILES string of the molecule is Cn1ncc(CC(C)(C)C)[n+]1-c1ccc(F)cc1. The summed E-state index contributed by atoms with van der Waals surface area (Å²) in [5.41, 5.74) is 2.23. The van der Waals surface area contributed by atoms with Gasteiger partial charge in [0.05, 0.1) is 7.05 Å². The maximum Gasteiger partial charge on any atom is 0.210 e. The van der Waals surface area contributed by atoms with E-state index >= 15 is 0 Å². The third kappa shape index (κ3) is 2.75. The quantitative estimate of drug-likeness (QED) is 0.748. The van der Waals surface area contributed by atoms with Gasteiger partial charge >= 0.3 is 0 Å². The zero-order valence-corrected chi connectivity index (χ0v) is 11.3. The molecule has 18 heavy (non-hydrogen) atoms. The zero-order valence-electron chi connectivity index (χ0n) is 11.3. The summed E-state index contributed by atoms with van der Waals surface area (Å²) in [5, 5.41) is 4.29. The van der Waals surface area contributed by atoms with Gasteiger partial charge in [0.1, 0.15) is 5.82 Å². The molecular formula is C14H19FN3+. The molecule has 0 unspecified atom stereocenters. The second kappa shape index (κ2) is 4.52. The maximum absolute atomic E-state index is 13.0. The number of rotatable bonds is 2. The van der Waals surface area contributed by atoms with Crippen LogP contribution >= 0.6 is 0 Å². The minimum atomic E-state index is -0.223. The Morgan fingerprint density at radius 1 is 1.22 bits per heavy atom. The summed E-state index contributed by atoms with van der Waals surface area (Å²) in [7, 11) is 1.88. The van der Waals surface area contributed by atoms with Gasteiger partial charge in [-0.25, -0.2) is 4.39 Å². The van der Waals surface area contributed by atoms with E-state index in [9.17, 15) is 4.39 Å². The Morgan fingerprint density at radius 2 is 1.83 bits per heavy atom. The minimum Gasteiger partial charge on any atom is -0.207 e. The Bertz CT molecular complexity index is 535. The summed E-state index contributed by atoms with van der Waals surface area (Å²) < 4.78 is 15.0. The van der Waals surface area contributed by atoms with Crippen molar-refractivity contribution in [1.29, 1.82) is 0 Å². The number of hydrogen-bond acceptors (Lipinski definition) is 1. The highest BCUT2D eigenvalue weighted by Gasteiger charge is 2.23. The summed E-state index contributed by atoms with van der Waals surface area (Å²) in [6.45, 7) is 6.57. The van der Waals surface area contributed by atoms with Gasteiger partial charge in [0.15, 0.2) is 11.4 Å². The molecule has 0 saturated heterocycles. The smallest absolute Gasteiger partial charge is 0.207 e. The average Bonchev–Trinajstić information content (AvgIpc) is 2.59. The molecular weight excluding hydrogens is 229 g/mol. The number of hydrogen-bond donors (Lipinski definition) is 0. The normalized spacial score (nSPS) is 11.8. The average molecular weight is 248 g/mol. The highest BCUT2D eigenvalue weighted by atomic mass is 19.1. The van der Waals surface area contributed by atoms with E-state index < -0.39 is 0 Å². The fraction of sp³-hybridized carbons (Fsp3) is 0.429. The van der Waals surface area contributed by atoms with Gasteiger partial charge in [-0.1, -0.05) is 20.8 Å². The monoisotopic (exact) mass is 248 g/mol. The van der Waals surface area contributed by atoms with E-state index in [0.717, 1.165) is 17.8 Å². The van der Waals surface area contributed by atoms with Gasteiger partial charge in [-0.2, -0.15) is 0 Å². The Morgan fingerprint density at radius 3 is 2.39 bits per heavy atom. The molecule has 1 aromatic heterocycles. The van der Waals surface area contributed by atoms with Crippen LogP contribution in [-0.4, -0.2) is 9.90 Å². The van der Waals surface area contributed by atoms with E-state index in [1.807, 2.05) is 17.9 Å². The van der Waals surface area contributed by atoms with Crippen LogP contribution in [0, 0.1) is 11.2 Å². The molecule has 96 valence electrons. The van der Waals surface area contributed by atoms with Crippen LogP contribution in [0.1, 0.15) is 26.5 Å². The molecule has 0 aliphatic heterocycles. The lowest BCUT2D eigenvalue weighted by molar-refractivity contribution is -0.695. The lowest BCUT2D eigenvalue weighted by atomic mass is 9.91. The van der Waals surface area contributed by atoms with Crippen molar-refractivity contribution in [3.63, 3.8) is 0 Å². The number of aryl methyl sites for hydroxylation is 1. The number of aromatic nitrogens is 3. The van der Waals surface area contributed by atoms with Crippen LogP contribution in [-0.2, 0) is 13.5 Å². The first-order valence-corrected chi connectivity index (χ1v) is 6.06. The van der Waals surface area contributed by atoms with E-state index in [4.69, 9.17) is 0 Å². The van der Waals surface area contributed by atoms with Gasteiger partial charge < -0.3 is 0 Å². The minimum absolute atomic E-state index is 0.185. The zero-order chi connectivity index (χ0) is 13.3. The van der Waals surface area contributed by atoms with E-state index in [1.165, 1.54) is 12.1 Å². The maximum atomic E-state index is 13.0. The Hall–Kier alpha value is -1.71. The van der Waals surface area contributed by atoms with Gasteiger partial charge in [0.25, 0.3) is 0 Å². The second-order valence-corrected chi connectivity index (χ2v) is 5.75. The van der Waals surface area contributed by atoms with Crippen LogP contribution in [0.4, 0.5) is 4.39 Å². The first kappa shape index (κ1) is 12.7. The van der Waals surface area contributed by atoms with Crippen LogP contribution in [0.15, 0.2) is 30.5 Å². The standard InChI is InChI=1S/C14H19FN3/c1-14(2,3)9-13-10-16-17(4)18(13)12-7-5-11(15)6-8-12/h5-8,10H,9H2,1-4H3/q+1. The summed E-state index contributed by atoms with van der Waals surface area (Å²) in [6, 6.07) is 6.47. The third-order valence-corrected chi connectivity index (χ3v) is 2.72. The predicted molar refractivity (Wildman–Crippen MR) is 67.9 cm³/mol. The van der Waals surface area contributed by atoms with Gasteiger partial charge in [0.2, 0.25) is 6.20 Å². The number of nitrogens with zero attached hydrogens (tertiary/aromatic N) is 3. The molecule has 0 saturated carbocycles. The molecule has 0 aliphatic rings. The largest absolute Gasteiger partial charge is 0.210 e. The van der Waals surface area contributed by atoms with Crippen LogP contribution in [0.3, 0.4) is 0 Å². The molecule has 0 aliphatic carbocycles. The molecule has 0 radical (unpaired) electrons. The summed E-state index contributed by atoms with van der Waals surface area (Å²) >= 11 is 0. The van der Waals surface area contributed by atoms with Crippen LogP contribution in [0.5, 0.6) is 0 Å². The van der Waals surface area contributed by atoms with Crippen molar-refractivity contribution < 1.29 is 9.07 Å². The molecule has 0 bridgehead atoms. The molecule has 0 N–H and O–H groups in total. The molecule has 2 rings (SSSR count). The van der Waals surface area contributed by atoms with E-state index in [1.54, 1.807) is 16.9 Å². The third-order valence-electron chi connectivity index (χ3n) is 2.72. The lowest BCUT2D eigenvalue weighted by Gasteiger charge is -2.15. The number of halogens is 1. The highest BCUT2D eigenvalue weighted by Crippen LogP contribution is 2.18. The molecule has 3 nitrogen and oxygen atoms in total. The van der Waals surface area contributed by atoms with Crippen molar-refractivity contribution in [3.05, 3.63) is 42.0 Å². The lowest BCUT2D eigenvalue weighted by Crippen LogP contribution is -2.44. The van der Waals surface area contributed by atoms with Gasteiger partial charge in [0, 0.05) is 11.5 Å². The van der Waals surface area contributed by atoms with Crippen molar-refractivity contribution in [2.45, 2.75) is 27.2 Å². The second-order valence-electron chi connectivity index (χ2n) is 5.75. The van der Waals surface area contributed by atoms with Crippen molar-refractivity contribution >= 4 is 0 Å². The Balaban J connectivity index is 2.43. The van der Waals surface area contributed by atoms with Gasteiger partial charge in [-0.15, -0.1) is 4.68 Å². The molecule has 4 heteroatoms. The van der Waals surface area contributed by atoms with Crippen LogP contribution in [0.25, 0.3) is 5.69 Å². The Kier molecular flexibility index (Phi) is 3.20. The van der Waals surface area contributed by atoms with Gasteiger partial charge in [-0.05, 0) is 34.5 Å². The van der Waals surface area contributed by atoms with E-state index in [0.29, 0.717) is 0 Å². The van der Waals surface area contributed by atoms with Crippen molar-refractivity contribution in [3.8, 4) is 5.69 Å². The first-order valence-electron chi connectivity index (χ1n) is 6.06. The van der Waals surface area contributed by atoms with E-state index in [-0.39, 0.29) is 11.2 Å². The predicted octanol–water partition coefficient (Wildman–Crippen LogP) is 2.42. The summed E-state index contributed by atoms with van der Waals surface area (Å²) in [4.78, 5) is 1.77. The highest BCUT2D eigenvalue weighted by molar-refractivity contribution is 5.22. The van der Waals surface area contributed by atoms with Crippen LogP contribution in [0.2, 0.25) is 0 Å².